The highest BCUT2D eigenvalue weighted by Gasteiger charge is 2.67. The van der Waals surface area contributed by atoms with Gasteiger partial charge in [0, 0.05) is 4.88 Å². The first-order valence-corrected chi connectivity index (χ1v) is 7.71. The summed E-state index contributed by atoms with van der Waals surface area (Å²) in [5.41, 5.74) is 0.616. The summed E-state index contributed by atoms with van der Waals surface area (Å²) >= 11 is 17.7. The van der Waals surface area contributed by atoms with Crippen molar-refractivity contribution in [3.63, 3.8) is 0 Å². The van der Waals surface area contributed by atoms with E-state index in [1.807, 2.05) is 6.07 Å². The topological polar surface area (TPSA) is 0 Å². The lowest BCUT2D eigenvalue weighted by Crippen LogP contribution is -1.97. The molecule has 1 aliphatic rings. The minimum atomic E-state index is 0.0683. The van der Waals surface area contributed by atoms with Crippen molar-refractivity contribution in [2.75, 3.05) is 0 Å². The second-order valence-corrected chi connectivity index (χ2v) is 8.87. The molecule has 1 saturated carbocycles. The van der Waals surface area contributed by atoms with Gasteiger partial charge in [0.1, 0.15) is 0 Å². The van der Waals surface area contributed by atoms with Crippen molar-refractivity contribution >= 4 is 50.5 Å². The molecule has 1 fully saturated rings. The molecule has 1 aliphatic carbocycles. The molecule has 1 heterocycles. The van der Waals surface area contributed by atoms with Gasteiger partial charge in [-0.2, -0.15) is 0 Å². The van der Waals surface area contributed by atoms with E-state index in [1.165, 1.54) is 4.88 Å². The molecule has 1 atom stereocenters. The maximum Gasteiger partial charge on any atom is 0.0887 e. The third kappa shape index (κ3) is 1.77. The molecule has 0 saturated heterocycles. The number of hydrogen-bond acceptors (Lipinski definition) is 1. The zero-order valence-corrected chi connectivity index (χ0v) is 13.7. The number of hydrogen-bond donors (Lipinski definition) is 0. The molecule has 90 valence electrons. The van der Waals surface area contributed by atoms with Gasteiger partial charge in [-0.1, -0.05) is 39.3 Å². The summed E-state index contributed by atoms with van der Waals surface area (Å²) in [7, 11) is 0. The highest BCUT2D eigenvalue weighted by molar-refractivity contribution is 9.11. The van der Waals surface area contributed by atoms with Gasteiger partial charge >= 0.3 is 0 Å². The molecule has 0 nitrogen and oxygen atoms in total. The molecule has 0 aromatic carbocycles. The van der Waals surface area contributed by atoms with Gasteiger partial charge in [0.2, 0.25) is 0 Å². The van der Waals surface area contributed by atoms with Crippen LogP contribution in [0.5, 0.6) is 0 Å². The standard InChI is InChI=1S/C12H15BrCl2S/c1-11(2)9(12(11,3)4)8(15)7-5-6(14)10(13)16-7/h5,8-9H,1-4H3. The SMILES string of the molecule is CC1(C)C(C(Cl)c2cc(Cl)c(Br)s2)C1(C)C. The Morgan fingerprint density at radius 1 is 1.31 bits per heavy atom. The van der Waals surface area contributed by atoms with E-state index in [0.717, 1.165) is 8.81 Å². The summed E-state index contributed by atoms with van der Waals surface area (Å²) < 4.78 is 0.978. The Labute approximate surface area is 119 Å². The lowest BCUT2D eigenvalue weighted by molar-refractivity contribution is 0.457. The first kappa shape index (κ1) is 13.2. The molecule has 1 aromatic heterocycles. The Morgan fingerprint density at radius 2 is 1.81 bits per heavy atom. The number of alkyl halides is 1. The second-order valence-electron chi connectivity index (χ2n) is 5.59. The third-order valence-corrected chi connectivity index (χ3v) is 7.54. The zero-order valence-electron chi connectivity index (χ0n) is 9.77. The molecule has 2 rings (SSSR count). The van der Waals surface area contributed by atoms with Crippen LogP contribution in [0.2, 0.25) is 5.02 Å². The largest absolute Gasteiger partial charge is 0.130 e. The highest BCUT2D eigenvalue weighted by Crippen LogP contribution is 2.74. The second kappa shape index (κ2) is 3.88. The van der Waals surface area contributed by atoms with Crippen molar-refractivity contribution in [2.45, 2.75) is 33.1 Å². The quantitative estimate of drug-likeness (QED) is 0.568. The van der Waals surface area contributed by atoms with Crippen molar-refractivity contribution in [1.82, 2.24) is 0 Å². The van der Waals surface area contributed by atoms with Crippen molar-refractivity contribution in [3.05, 3.63) is 19.8 Å². The van der Waals surface area contributed by atoms with Crippen LogP contribution in [0.1, 0.15) is 37.9 Å². The molecule has 1 aromatic rings. The third-order valence-electron chi connectivity index (χ3n) is 4.36. The van der Waals surface area contributed by atoms with Crippen LogP contribution in [-0.4, -0.2) is 0 Å². The smallest absolute Gasteiger partial charge is 0.0887 e. The first-order chi connectivity index (χ1) is 7.19. The van der Waals surface area contributed by atoms with Gasteiger partial charge in [-0.3, -0.25) is 0 Å². The minimum Gasteiger partial charge on any atom is -0.130 e. The molecule has 0 bridgehead atoms. The lowest BCUT2D eigenvalue weighted by atomic mass is 10.0. The maximum absolute atomic E-state index is 6.59. The van der Waals surface area contributed by atoms with Crippen molar-refractivity contribution in [2.24, 2.45) is 16.7 Å². The van der Waals surface area contributed by atoms with Crippen LogP contribution in [0.3, 0.4) is 0 Å². The first-order valence-electron chi connectivity index (χ1n) is 5.28. The van der Waals surface area contributed by atoms with Crippen molar-refractivity contribution in [3.8, 4) is 0 Å². The van der Waals surface area contributed by atoms with Crippen LogP contribution in [0, 0.1) is 16.7 Å². The fraction of sp³-hybridized carbons (Fsp3) is 0.667. The molecule has 16 heavy (non-hydrogen) atoms. The normalized spacial score (nSPS) is 24.4. The van der Waals surface area contributed by atoms with Crippen LogP contribution < -0.4 is 0 Å². The van der Waals surface area contributed by atoms with E-state index in [4.69, 9.17) is 23.2 Å². The average molecular weight is 342 g/mol. The predicted molar refractivity (Wildman–Crippen MR) is 76.7 cm³/mol. The predicted octanol–water partition coefficient (Wildman–Crippen LogP) is 6.13. The molecule has 0 spiro atoms. The lowest BCUT2D eigenvalue weighted by Gasteiger charge is -2.08. The molecular formula is C12H15BrCl2S. The van der Waals surface area contributed by atoms with Gasteiger partial charge in [-0.25, -0.2) is 0 Å². The Kier molecular flexibility index (Phi) is 3.20. The average Bonchev–Trinajstić information content (AvgIpc) is 2.39. The highest BCUT2D eigenvalue weighted by atomic mass is 79.9. The van der Waals surface area contributed by atoms with Gasteiger partial charge < -0.3 is 0 Å². The summed E-state index contributed by atoms with van der Waals surface area (Å²) in [5.74, 6) is 0.517. The minimum absolute atomic E-state index is 0.0683. The summed E-state index contributed by atoms with van der Waals surface area (Å²) in [4.78, 5) is 1.17. The zero-order chi connectivity index (χ0) is 12.3. The summed E-state index contributed by atoms with van der Waals surface area (Å²) in [6.07, 6.45) is 0. The number of thiophene rings is 1. The van der Waals surface area contributed by atoms with Crippen LogP contribution in [-0.2, 0) is 0 Å². The summed E-state index contributed by atoms with van der Waals surface area (Å²) in [5, 5.41) is 0.834. The van der Waals surface area contributed by atoms with Gasteiger partial charge in [-0.15, -0.1) is 22.9 Å². The number of rotatable bonds is 2. The van der Waals surface area contributed by atoms with E-state index in [2.05, 4.69) is 43.6 Å². The Hall–Kier alpha value is 0.760. The van der Waals surface area contributed by atoms with E-state index in [0.29, 0.717) is 16.7 Å². The van der Waals surface area contributed by atoms with Crippen LogP contribution >= 0.6 is 50.5 Å². The van der Waals surface area contributed by atoms with Crippen molar-refractivity contribution < 1.29 is 0 Å². The van der Waals surface area contributed by atoms with E-state index in [9.17, 15) is 0 Å². The molecule has 0 N–H and O–H groups in total. The van der Waals surface area contributed by atoms with Gasteiger partial charge in [0.15, 0.2) is 0 Å². The molecule has 0 aliphatic heterocycles. The van der Waals surface area contributed by atoms with Gasteiger partial charge in [0.05, 0.1) is 14.2 Å². The molecule has 4 heteroatoms. The Balaban J connectivity index is 2.25. The molecular weight excluding hydrogens is 327 g/mol. The summed E-state index contributed by atoms with van der Waals surface area (Å²) in [6.45, 7) is 9.16. The van der Waals surface area contributed by atoms with E-state index in [-0.39, 0.29) is 5.38 Å². The monoisotopic (exact) mass is 340 g/mol. The summed E-state index contributed by atoms with van der Waals surface area (Å²) in [6, 6.07) is 1.98. The molecule has 1 unspecified atom stereocenters. The van der Waals surface area contributed by atoms with Crippen LogP contribution in [0.4, 0.5) is 0 Å². The fourth-order valence-electron chi connectivity index (χ4n) is 2.64. The molecule has 0 radical (unpaired) electrons. The molecule has 0 amide bonds. The van der Waals surface area contributed by atoms with E-state index < -0.39 is 0 Å². The van der Waals surface area contributed by atoms with Crippen LogP contribution in [0.25, 0.3) is 0 Å². The van der Waals surface area contributed by atoms with Crippen LogP contribution in [0.15, 0.2) is 9.85 Å². The Morgan fingerprint density at radius 3 is 2.12 bits per heavy atom. The maximum atomic E-state index is 6.59. The van der Waals surface area contributed by atoms with E-state index in [1.54, 1.807) is 11.3 Å². The van der Waals surface area contributed by atoms with Crippen molar-refractivity contribution in [1.29, 1.82) is 0 Å². The number of halogens is 3. The van der Waals surface area contributed by atoms with E-state index >= 15 is 0 Å². The Bertz CT molecular complexity index is 389. The fourth-order valence-corrected chi connectivity index (χ4v) is 5.23. The van der Waals surface area contributed by atoms with Gasteiger partial charge in [-0.05, 0) is 38.7 Å². The van der Waals surface area contributed by atoms with Gasteiger partial charge in [0.25, 0.3) is 0 Å².